The average Bonchev–Trinajstić information content (AvgIpc) is 3.08. The van der Waals surface area contributed by atoms with Gasteiger partial charge < -0.3 is 14.5 Å². The topological polar surface area (TPSA) is 55.4 Å². The zero-order chi connectivity index (χ0) is 20.1. The molecule has 0 bridgehead atoms. The van der Waals surface area contributed by atoms with Crippen molar-refractivity contribution >= 4 is 28.9 Å². The van der Waals surface area contributed by atoms with Crippen molar-refractivity contribution in [3.8, 4) is 0 Å². The van der Waals surface area contributed by atoms with Gasteiger partial charge in [0, 0.05) is 38.3 Å². The van der Waals surface area contributed by atoms with Gasteiger partial charge in [0.05, 0.1) is 25.9 Å². The van der Waals surface area contributed by atoms with Crippen LogP contribution in [0.1, 0.15) is 47.0 Å². The molecule has 0 aliphatic carbocycles. The minimum absolute atomic E-state index is 0. The van der Waals surface area contributed by atoms with Crippen molar-refractivity contribution in [2.24, 2.45) is 0 Å². The number of rotatable bonds is 6. The fourth-order valence-corrected chi connectivity index (χ4v) is 4.77. The predicted octanol–water partition coefficient (Wildman–Crippen LogP) is 4.53. The molecule has 1 radical (unpaired) electrons. The van der Waals surface area contributed by atoms with Crippen LogP contribution in [0.25, 0.3) is 0 Å². The largest absolute Gasteiger partial charge is 0.465 e. The Labute approximate surface area is 202 Å². The third-order valence-electron chi connectivity index (χ3n) is 5.59. The molecule has 0 spiro atoms. The maximum Gasteiger partial charge on any atom is 0.350 e. The molecule has 2 atom stereocenters. The molecule has 1 fully saturated rings. The maximum absolute atomic E-state index is 13.2. The number of nitrogens with one attached hydrogen (secondary N) is 1. The van der Waals surface area contributed by atoms with Gasteiger partial charge in [-0.2, -0.15) is 0 Å². The van der Waals surface area contributed by atoms with Gasteiger partial charge in [0.15, 0.2) is 0 Å². The summed E-state index contributed by atoms with van der Waals surface area (Å²) in [6.07, 6.45) is 3.28. The van der Waals surface area contributed by atoms with Crippen LogP contribution in [0.2, 0.25) is 0 Å². The number of esters is 1. The number of hydrogen-bond donors (Lipinski definition) is 1. The predicted molar refractivity (Wildman–Crippen MR) is 112 cm³/mol. The quantitative estimate of drug-likeness (QED) is 0.369. The van der Waals surface area contributed by atoms with Gasteiger partial charge in [-0.15, -0.1) is 24.3 Å². The first kappa shape index (κ1) is 24.2. The Morgan fingerprint density at radius 1 is 1.28 bits per heavy atom. The van der Waals surface area contributed by atoms with Crippen LogP contribution in [-0.2, 0) is 48.8 Å². The van der Waals surface area contributed by atoms with Crippen molar-refractivity contribution in [2.45, 2.75) is 45.7 Å². The standard InChI is InChI=1S/C22H28N2O3S.Y/c1-16-15-28-20(22(26)27-3)19(16)23-21(25)17(2)24(12-8-5-9-13-24)14-18-10-6-4-7-11-18;/h4,6-7,10-12,15,17H,5,8-9,13-14H2,1-3H3,(H,23,25);. The van der Waals surface area contributed by atoms with Gasteiger partial charge in [0.25, 0.3) is 5.91 Å². The van der Waals surface area contributed by atoms with Gasteiger partial charge in [-0.05, 0) is 31.2 Å². The molecule has 0 saturated carbocycles. The normalized spacial score (nSPS) is 19.7. The number of aryl methyl sites for hydroxylation is 1. The SMILES string of the molecule is COC(=O)c1scc(C)c1NC(=O)C(C)[N+]1(Cc2ccccc2)[CH-]CCCC1.[Y]. The molecule has 1 amide bonds. The van der Waals surface area contributed by atoms with E-state index in [1.54, 1.807) is 0 Å². The molecule has 29 heavy (non-hydrogen) atoms. The summed E-state index contributed by atoms with van der Waals surface area (Å²) in [5.41, 5.74) is 2.68. The number of ether oxygens (including phenoxy) is 1. The van der Waals surface area contributed by atoms with E-state index < -0.39 is 5.97 Å². The number of carbonyl (C=O) groups excluding carboxylic acids is 2. The number of nitrogens with zero attached hydrogens (tertiary/aromatic N) is 1. The van der Waals surface area contributed by atoms with E-state index in [0.29, 0.717) is 15.0 Å². The van der Waals surface area contributed by atoms with Crippen LogP contribution in [0, 0.1) is 13.5 Å². The molecule has 2 aromatic rings. The van der Waals surface area contributed by atoms with Gasteiger partial charge in [-0.3, -0.25) is 4.79 Å². The number of thiophene rings is 1. The van der Waals surface area contributed by atoms with Crippen LogP contribution in [0.5, 0.6) is 0 Å². The Balaban J connectivity index is 0.00000300. The van der Waals surface area contributed by atoms with Crippen LogP contribution >= 0.6 is 11.3 Å². The molecule has 5 nitrogen and oxygen atoms in total. The van der Waals surface area contributed by atoms with Gasteiger partial charge in [-0.1, -0.05) is 36.8 Å². The zero-order valence-electron chi connectivity index (χ0n) is 17.3. The first-order valence-electron chi connectivity index (χ1n) is 9.69. The second-order valence-electron chi connectivity index (χ2n) is 7.43. The van der Waals surface area contributed by atoms with Crippen LogP contribution in [0.4, 0.5) is 5.69 Å². The number of methoxy groups -OCH3 is 1. The van der Waals surface area contributed by atoms with Gasteiger partial charge in [0.2, 0.25) is 0 Å². The molecule has 2 heterocycles. The summed E-state index contributed by atoms with van der Waals surface area (Å²) in [6, 6.07) is 10.1. The van der Waals surface area contributed by atoms with E-state index >= 15 is 0 Å². The molecule has 1 aliphatic heterocycles. The van der Waals surface area contributed by atoms with E-state index in [0.717, 1.165) is 31.5 Å². The fourth-order valence-electron chi connectivity index (χ4n) is 3.85. The summed E-state index contributed by atoms with van der Waals surface area (Å²) in [4.78, 5) is 25.7. The third-order valence-corrected chi connectivity index (χ3v) is 6.66. The molecular weight excluding hydrogens is 461 g/mol. The Morgan fingerprint density at radius 3 is 2.62 bits per heavy atom. The molecule has 2 unspecified atom stereocenters. The summed E-state index contributed by atoms with van der Waals surface area (Å²) >= 11 is 1.30. The van der Waals surface area contributed by atoms with Crippen LogP contribution in [0.15, 0.2) is 35.7 Å². The summed E-state index contributed by atoms with van der Waals surface area (Å²) in [5, 5.41) is 4.89. The van der Waals surface area contributed by atoms with Crippen LogP contribution in [-0.4, -0.2) is 36.1 Å². The number of amides is 1. The number of benzene rings is 1. The number of anilines is 1. The second-order valence-corrected chi connectivity index (χ2v) is 8.31. The number of piperidine rings is 1. The van der Waals surface area contributed by atoms with Crippen LogP contribution in [0.3, 0.4) is 0 Å². The minimum atomic E-state index is -0.418. The van der Waals surface area contributed by atoms with E-state index in [9.17, 15) is 9.59 Å². The molecule has 1 saturated heterocycles. The van der Waals surface area contributed by atoms with Crippen molar-refractivity contribution in [3.63, 3.8) is 0 Å². The van der Waals surface area contributed by atoms with Crippen molar-refractivity contribution in [1.82, 2.24) is 0 Å². The first-order chi connectivity index (χ1) is 13.5. The Bertz CT molecular complexity index is 832. The molecular formula is C22H28N2O3SY. The van der Waals surface area contributed by atoms with Crippen molar-refractivity contribution in [1.29, 1.82) is 0 Å². The molecule has 1 aromatic heterocycles. The molecule has 1 N–H and O–H groups in total. The van der Waals surface area contributed by atoms with Gasteiger partial charge >= 0.3 is 5.97 Å². The van der Waals surface area contributed by atoms with E-state index in [1.165, 1.54) is 30.4 Å². The van der Waals surface area contributed by atoms with E-state index in [2.05, 4.69) is 24.0 Å². The first-order valence-corrected chi connectivity index (χ1v) is 10.6. The smallest absolute Gasteiger partial charge is 0.350 e. The minimum Gasteiger partial charge on any atom is -0.465 e. The number of likely N-dealkylation sites (tertiary alicyclic amines) is 1. The Hall–Kier alpha value is -1.08. The van der Waals surface area contributed by atoms with Crippen LogP contribution < -0.4 is 5.32 Å². The molecule has 1 aliphatic rings. The average molecular weight is 489 g/mol. The van der Waals surface area contributed by atoms with E-state index in [4.69, 9.17) is 4.74 Å². The second kappa shape index (κ2) is 10.8. The van der Waals surface area contributed by atoms with E-state index in [-0.39, 0.29) is 44.7 Å². The number of quaternary nitrogens is 1. The third kappa shape index (κ3) is 5.54. The van der Waals surface area contributed by atoms with Crippen molar-refractivity contribution in [3.05, 3.63) is 58.3 Å². The Kier molecular flexibility index (Phi) is 9.01. The summed E-state index contributed by atoms with van der Waals surface area (Å²) < 4.78 is 5.49. The molecule has 1 aromatic carbocycles. The van der Waals surface area contributed by atoms with Gasteiger partial charge in [0.1, 0.15) is 10.9 Å². The monoisotopic (exact) mass is 489 g/mol. The zero-order valence-corrected chi connectivity index (χ0v) is 21.0. The molecule has 153 valence electrons. The van der Waals surface area contributed by atoms with Crippen molar-refractivity contribution in [2.75, 3.05) is 19.0 Å². The summed E-state index contributed by atoms with van der Waals surface area (Å²) in [7, 11) is 1.36. The van der Waals surface area contributed by atoms with E-state index in [1.807, 2.05) is 37.4 Å². The van der Waals surface area contributed by atoms with Gasteiger partial charge in [-0.25, -0.2) is 4.79 Å². The number of carbonyl (C=O) groups is 2. The van der Waals surface area contributed by atoms with Crippen molar-refractivity contribution < 1.29 is 51.5 Å². The number of hydrogen-bond acceptors (Lipinski definition) is 4. The maximum atomic E-state index is 13.2. The Morgan fingerprint density at radius 2 is 2.00 bits per heavy atom. The summed E-state index contributed by atoms with van der Waals surface area (Å²) in [6.45, 7) is 7.91. The molecule has 3 rings (SSSR count). The fraction of sp³-hybridized carbons (Fsp3) is 0.409. The summed E-state index contributed by atoms with van der Waals surface area (Å²) in [5.74, 6) is -0.487. The molecule has 7 heteroatoms.